The Kier molecular flexibility index (Phi) is 10.6. The molecular formula is C72H46N2S2. The molecule has 15 aromatic rings. The standard InChI is InChI=1S/C72H46N2S2/c1-4-18-50(19-5-1)68-65-46-64(58-24-10-11-27-61(58)70(65)74(52-22-8-3-9-23-52)69(68)51-20-6-2-7-21-51)49-38-44-55(45-39-49)73(53-40-34-47(35-41-53)56-28-16-30-62-59-25-12-14-32-66(59)75-71(56)62)54-42-36-48(37-43-54)57-29-17-31-63-60-26-13-15-33-67(60)76-72(57)63/h1-46H. The fourth-order valence-electron chi connectivity index (χ4n) is 11.7. The highest BCUT2D eigenvalue weighted by atomic mass is 32.1. The van der Waals surface area contributed by atoms with Gasteiger partial charge in [0, 0.05) is 79.4 Å². The van der Waals surface area contributed by atoms with Crippen LogP contribution in [-0.4, -0.2) is 4.57 Å². The van der Waals surface area contributed by atoms with Gasteiger partial charge in [0.15, 0.2) is 0 Å². The second-order valence-electron chi connectivity index (χ2n) is 19.5. The van der Waals surface area contributed by atoms with Gasteiger partial charge in [-0.1, -0.05) is 212 Å². The van der Waals surface area contributed by atoms with Crippen LogP contribution in [0, 0.1) is 0 Å². The van der Waals surface area contributed by atoms with E-state index in [4.69, 9.17) is 0 Å². The van der Waals surface area contributed by atoms with Crippen LogP contribution in [-0.2, 0) is 0 Å². The van der Waals surface area contributed by atoms with Crippen molar-refractivity contribution in [3.05, 3.63) is 279 Å². The predicted octanol–water partition coefficient (Wildman–Crippen LogP) is 21.3. The van der Waals surface area contributed by atoms with Gasteiger partial charge in [0.05, 0.1) is 11.2 Å². The molecule has 0 unspecified atom stereocenters. The monoisotopic (exact) mass is 1000 g/mol. The number of fused-ring (bicyclic) bond motifs is 9. The molecule has 2 nitrogen and oxygen atoms in total. The Hall–Kier alpha value is -9.32. The molecule has 0 saturated carbocycles. The molecule has 0 saturated heterocycles. The van der Waals surface area contributed by atoms with Crippen LogP contribution in [0.4, 0.5) is 17.1 Å². The van der Waals surface area contributed by atoms with E-state index in [2.05, 4.69) is 289 Å². The van der Waals surface area contributed by atoms with Crippen molar-refractivity contribution in [2.24, 2.45) is 0 Å². The molecule has 0 fully saturated rings. The van der Waals surface area contributed by atoms with Gasteiger partial charge in [0.1, 0.15) is 0 Å². The normalized spacial score (nSPS) is 11.7. The molecule has 0 N–H and O–H groups in total. The molecule has 0 radical (unpaired) electrons. The Morgan fingerprint density at radius 3 is 1.20 bits per heavy atom. The third kappa shape index (κ3) is 7.29. The lowest BCUT2D eigenvalue weighted by Gasteiger charge is -2.26. The van der Waals surface area contributed by atoms with Gasteiger partial charge in [0.2, 0.25) is 0 Å². The lowest BCUT2D eigenvalue weighted by atomic mass is 9.92. The van der Waals surface area contributed by atoms with Crippen molar-refractivity contribution in [3.8, 4) is 61.5 Å². The minimum Gasteiger partial charge on any atom is -0.311 e. The van der Waals surface area contributed by atoms with E-state index < -0.39 is 0 Å². The van der Waals surface area contributed by atoms with Crippen LogP contribution in [0.25, 0.3) is 123 Å². The Morgan fingerprint density at radius 1 is 0.276 bits per heavy atom. The van der Waals surface area contributed by atoms with Crippen molar-refractivity contribution in [2.45, 2.75) is 0 Å². The fourth-order valence-corrected chi connectivity index (χ4v) is 14.2. The molecule has 356 valence electrons. The van der Waals surface area contributed by atoms with Crippen LogP contribution >= 0.6 is 22.7 Å². The number of para-hydroxylation sites is 1. The van der Waals surface area contributed by atoms with Crippen LogP contribution in [0.15, 0.2) is 279 Å². The summed E-state index contributed by atoms with van der Waals surface area (Å²) >= 11 is 3.75. The second kappa shape index (κ2) is 18.3. The summed E-state index contributed by atoms with van der Waals surface area (Å²) in [5.41, 5.74) is 17.6. The molecule has 12 aromatic carbocycles. The molecule has 4 heteroatoms. The van der Waals surface area contributed by atoms with Gasteiger partial charge in [-0.25, -0.2) is 0 Å². The maximum Gasteiger partial charge on any atom is 0.0620 e. The minimum absolute atomic E-state index is 1.08. The largest absolute Gasteiger partial charge is 0.311 e. The molecule has 0 aliphatic heterocycles. The molecule has 0 aliphatic rings. The van der Waals surface area contributed by atoms with Gasteiger partial charge < -0.3 is 9.47 Å². The first-order valence-corrected chi connectivity index (χ1v) is 27.5. The number of thiophene rings is 2. The molecule has 15 rings (SSSR count). The number of hydrogen-bond acceptors (Lipinski definition) is 3. The summed E-state index contributed by atoms with van der Waals surface area (Å²) in [4.78, 5) is 2.40. The van der Waals surface area contributed by atoms with E-state index in [0.717, 1.165) is 28.3 Å². The van der Waals surface area contributed by atoms with Crippen molar-refractivity contribution in [2.75, 3.05) is 4.90 Å². The third-order valence-electron chi connectivity index (χ3n) is 15.2. The average Bonchev–Trinajstić information content (AvgIpc) is 4.29. The fraction of sp³-hybridized carbons (Fsp3) is 0. The van der Waals surface area contributed by atoms with Crippen LogP contribution < -0.4 is 4.90 Å². The molecule has 3 heterocycles. The molecule has 0 spiro atoms. The summed E-state index contributed by atoms with van der Waals surface area (Å²) < 4.78 is 7.76. The molecule has 76 heavy (non-hydrogen) atoms. The number of benzene rings is 12. The number of hydrogen-bond donors (Lipinski definition) is 0. The van der Waals surface area contributed by atoms with Crippen molar-refractivity contribution in [3.63, 3.8) is 0 Å². The van der Waals surface area contributed by atoms with Gasteiger partial charge in [-0.15, -0.1) is 22.7 Å². The zero-order valence-corrected chi connectivity index (χ0v) is 42.9. The number of anilines is 3. The topological polar surface area (TPSA) is 8.17 Å². The zero-order valence-electron chi connectivity index (χ0n) is 41.3. The van der Waals surface area contributed by atoms with Crippen molar-refractivity contribution in [1.82, 2.24) is 4.57 Å². The van der Waals surface area contributed by atoms with Crippen LogP contribution in [0.5, 0.6) is 0 Å². The highest BCUT2D eigenvalue weighted by molar-refractivity contribution is 7.26. The SMILES string of the molecule is c1ccc(-c2c(-c3ccccc3)n(-c3ccccc3)c3c2cc(-c2ccc(N(c4ccc(-c5cccc6c5sc5ccccc56)cc4)c4ccc(-c5cccc6c5sc5ccccc56)cc4)cc2)c2ccccc23)cc1. The van der Waals surface area contributed by atoms with Crippen molar-refractivity contribution >= 4 is 102 Å². The first kappa shape index (κ1) is 44.2. The average molecular weight is 1000 g/mol. The van der Waals surface area contributed by atoms with E-state index in [1.165, 1.54) is 112 Å². The zero-order chi connectivity index (χ0) is 50.1. The summed E-state index contributed by atoms with van der Waals surface area (Å²) in [5.74, 6) is 0. The molecule has 3 aromatic heterocycles. The van der Waals surface area contributed by atoms with Crippen LogP contribution in [0.2, 0.25) is 0 Å². The number of rotatable bonds is 9. The van der Waals surface area contributed by atoms with E-state index in [-0.39, 0.29) is 0 Å². The molecule has 0 bridgehead atoms. The van der Waals surface area contributed by atoms with Gasteiger partial charge in [-0.05, 0) is 117 Å². The summed E-state index contributed by atoms with van der Waals surface area (Å²) in [6.45, 7) is 0. The van der Waals surface area contributed by atoms with E-state index >= 15 is 0 Å². The quantitative estimate of drug-likeness (QED) is 0.140. The predicted molar refractivity (Wildman–Crippen MR) is 328 cm³/mol. The second-order valence-corrected chi connectivity index (χ2v) is 21.6. The Labute approximate surface area is 448 Å². The Bertz CT molecular complexity index is 4490. The minimum atomic E-state index is 1.08. The highest BCUT2D eigenvalue weighted by Gasteiger charge is 2.25. The maximum absolute atomic E-state index is 2.49. The smallest absolute Gasteiger partial charge is 0.0620 e. The molecule has 0 atom stereocenters. The number of aromatic nitrogens is 1. The number of nitrogens with zero attached hydrogens (tertiary/aromatic N) is 2. The molecule has 0 aliphatic carbocycles. The molecular weight excluding hydrogens is 957 g/mol. The lowest BCUT2D eigenvalue weighted by molar-refractivity contribution is 1.14. The first-order valence-electron chi connectivity index (χ1n) is 25.9. The first-order chi connectivity index (χ1) is 37.7. The molecule has 0 amide bonds. The summed E-state index contributed by atoms with van der Waals surface area (Å²) in [5, 5.41) is 8.88. The van der Waals surface area contributed by atoms with Crippen LogP contribution in [0.1, 0.15) is 0 Å². The lowest BCUT2D eigenvalue weighted by Crippen LogP contribution is -2.09. The van der Waals surface area contributed by atoms with Crippen molar-refractivity contribution < 1.29 is 0 Å². The Morgan fingerprint density at radius 2 is 0.684 bits per heavy atom. The summed E-state index contributed by atoms with van der Waals surface area (Å²) in [7, 11) is 0. The summed E-state index contributed by atoms with van der Waals surface area (Å²) in [6, 6.07) is 103. The van der Waals surface area contributed by atoms with Crippen molar-refractivity contribution in [1.29, 1.82) is 0 Å². The van der Waals surface area contributed by atoms with Gasteiger partial charge in [-0.2, -0.15) is 0 Å². The van der Waals surface area contributed by atoms with Crippen LogP contribution in [0.3, 0.4) is 0 Å². The Balaban J connectivity index is 0.886. The van der Waals surface area contributed by atoms with E-state index in [9.17, 15) is 0 Å². The van der Waals surface area contributed by atoms with Gasteiger partial charge in [0.25, 0.3) is 0 Å². The van der Waals surface area contributed by atoms with E-state index in [1.807, 2.05) is 22.7 Å². The van der Waals surface area contributed by atoms with Gasteiger partial charge in [-0.3, -0.25) is 0 Å². The maximum atomic E-state index is 2.49. The summed E-state index contributed by atoms with van der Waals surface area (Å²) in [6.07, 6.45) is 0. The highest BCUT2D eigenvalue weighted by Crippen LogP contribution is 2.49. The third-order valence-corrected chi connectivity index (χ3v) is 17.7. The van der Waals surface area contributed by atoms with Gasteiger partial charge >= 0.3 is 0 Å². The van der Waals surface area contributed by atoms with E-state index in [1.54, 1.807) is 0 Å². The van der Waals surface area contributed by atoms with E-state index in [0.29, 0.717) is 0 Å².